The molecule has 2 aliphatic heterocycles. The zero-order valence-corrected chi connectivity index (χ0v) is 25.6. The average molecular weight is 619 g/mol. The summed E-state index contributed by atoms with van der Waals surface area (Å²) in [5, 5.41) is 6.30. The molecule has 3 heterocycles. The highest BCUT2D eigenvalue weighted by Crippen LogP contribution is 2.23. The largest absolute Gasteiger partial charge is 0.355 e. The van der Waals surface area contributed by atoms with E-state index in [1.165, 1.54) is 32.8 Å². The summed E-state index contributed by atoms with van der Waals surface area (Å²) in [5.41, 5.74) is 0.976. The predicted molar refractivity (Wildman–Crippen MR) is 166 cm³/mol. The molecule has 3 aromatic rings. The molecule has 2 aromatic carbocycles. The van der Waals surface area contributed by atoms with Gasteiger partial charge in [-0.25, -0.2) is 9.37 Å². The van der Waals surface area contributed by atoms with Gasteiger partial charge in [0.05, 0.1) is 29.3 Å². The average Bonchev–Trinajstić information content (AvgIpc) is 3.52. The van der Waals surface area contributed by atoms with Crippen LogP contribution in [0.2, 0.25) is 0 Å². The van der Waals surface area contributed by atoms with Gasteiger partial charge in [-0.05, 0) is 61.4 Å². The number of aryl methyl sites for hydroxylation is 2. The van der Waals surface area contributed by atoms with E-state index in [4.69, 9.17) is 0 Å². The van der Waals surface area contributed by atoms with Crippen molar-refractivity contribution >= 4 is 34.5 Å². The van der Waals surface area contributed by atoms with Gasteiger partial charge in [0.15, 0.2) is 0 Å². The van der Waals surface area contributed by atoms with Crippen LogP contribution in [-0.2, 0) is 27.3 Å². The van der Waals surface area contributed by atoms with Crippen molar-refractivity contribution in [2.45, 2.75) is 64.6 Å². The van der Waals surface area contributed by atoms with E-state index in [1.807, 2.05) is 13.8 Å². The van der Waals surface area contributed by atoms with Crippen molar-refractivity contribution in [3.63, 3.8) is 0 Å². The van der Waals surface area contributed by atoms with E-state index in [9.17, 15) is 28.4 Å². The van der Waals surface area contributed by atoms with E-state index >= 15 is 0 Å². The maximum Gasteiger partial charge on any atom is 0.261 e. The fraction of sp³-hybridized carbons (Fsp3) is 0.455. The number of halogens is 1. The number of rotatable bonds is 4. The molecule has 1 saturated heterocycles. The first-order valence-corrected chi connectivity index (χ1v) is 15.5. The van der Waals surface area contributed by atoms with Crippen molar-refractivity contribution < 1.29 is 23.6 Å². The fourth-order valence-electron chi connectivity index (χ4n) is 5.91. The zero-order valence-electron chi connectivity index (χ0n) is 25.6. The molecule has 2 bridgehead atoms. The number of para-hydroxylation sites is 1. The summed E-state index contributed by atoms with van der Waals surface area (Å²) in [7, 11) is 0. The highest BCUT2D eigenvalue weighted by Gasteiger charge is 2.37. The molecule has 1 aromatic heterocycles. The summed E-state index contributed by atoms with van der Waals surface area (Å²) >= 11 is 0. The van der Waals surface area contributed by atoms with Crippen molar-refractivity contribution in [2.24, 2.45) is 5.92 Å². The lowest BCUT2D eigenvalue weighted by atomic mass is 10.0. The molecule has 45 heavy (non-hydrogen) atoms. The molecule has 0 unspecified atom stereocenters. The first-order valence-electron chi connectivity index (χ1n) is 15.5. The highest BCUT2D eigenvalue weighted by molar-refractivity contribution is 5.98. The molecule has 2 N–H and O–H groups in total. The maximum absolute atomic E-state index is 14.8. The lowest BCUT2D eigenvalue weighted by Gasteiger charge is -2.32. The van der Waals surface area contributed by atoms with E-state index in [2.05, 4.69) is 15.6 Å². The van der Waals surface area contributed by atoms with Gasteiger partial charge < -0.3 is 20.4 Å². The van der Waals surface area contributed by atoms with E-state index in [0.717, 1.165) is 5.56 Å². The molecule has 11 nitrogen and oxygen atoms in total. The molecule has 0 radical (unpaired) electrons. The fourth-order valence-corrected chi connectivity index (χ4v) is 5.91. The van der Waals surface area contributed by atoms with Crippen molar-refractivity contribution in [3.8, 4) is 0 Å². The van der Waals surface area contributed by atoms with E-state index < -0.39 is 23.8 Å². The standard InChI is InChI=1S/C33H39FN6O5/c1-21(2)27-18-39(30(42)13-16-38-20-36-26-9-4-3-8-23(26)32(38)44)19-29(41)35-14-5-7-22-11-12-25(34)24(17-22)33(45)40-15-6-10-28(40)31(43)37-27/h3-4,8-9,11-12,17,20-21,27-28H,5-7,10,13-16,18-19H2,1-2H3,(H,35,41)(H,37,43)/t27-,28-/m0/s1. The Balaban J connectivity index is 1.38. The Morgan fingerprint density at radius 3 is 2.69 bits per heavy atom. The number of carbonyl (C=O) groups is 4. The zero-order chi connectivity index (χ0) is 32.1. The van der Waals surface area contributed by atoms with Crippen LogP contribution >= 0.6 is 0 Å². The van der Waals surface area contributed by atoms with Gasteiger partial charge in [-0.1, -0.05) is 32.0 Å². The molecule has 2 aliphatic rings. The smallest absolute Gasteiger partial charge is 0.261 e. The summed E-state index contributed by atoms with van der Waals surface area (Å²) < 4.78 is 16.2. The molecule has 4 amide bonds. The molecule has 0 spiro atoms. The van der Waals surface area contributed by atoms with Crippen LogP contribution in [0.15, 0.2) is 53.6 Å². The molecule has 238 valence electrons. The number of aromatic nitrogens is 2. The highest BCUT2D eigenvalue weighted by atomic mass is 19.1. The Labute approximate surface area is 260 Å². The van der Waals surface area contributed by atoms with Crippen LogP contribution in [0.4, 0.5) is 4.39 Å². The van der Waals surface area contributed by atoms with Gasteiger partial charge in [0, 0.05) is 38.6 Å². The lowest BCUT2D eigenvalue weighted by Crippen LogP contribution is -2.55. The van der Waals surface area contributed by atoms with E-state index in [0.29, 0.717) is 49.7 Å². The lowest BCUT2D eigenvalue weighted by molar-refractivity contribution is -0.137. The Morgan fingerprint density at radius 2 is 1.89 bits per heavy atom. The summed E-state index contributed by atoms with van der Waals surface area (Å²) in [4.78, 5) is 73.8. The second-order valence-corrected chi connectivity index (χ2v) is 12.1. The molecular weight excluding hydrogens is 579 g/mol. The minimum atomic E-state index is -0.780. The Hall–Kier alpha value is -4.61. The Kier molecular flexibility index (Phi) is 9.90. The van der Waals surface area contributed by atoms with Gasteiger partial charge >= 0.3 is 0 Å². The monoisotopic (exact) mass is 618 g/mol. The molecular formula is C33H39FN6O5. The van der Waals surface area contributed by atoms with E-state index in [1.54, 1.807) is 30.3 Å². The maximum atomic E-state index is 14.8. The SMILES string of the molecule is CC(C)[C@@H]1CN(C(=O)CCn2cnc3ccccc3c2=O)CC(=O)NCCCc2ccc(F)c(c2)C(=O)N2CCC[C@H]2C(=O)N1. The third kappa shape index (κ3) is 7.38. The van der Waals surface area contributed by atoms with Crippen molar-refractivity contribution in [1.82, 2.24) is 30.0 Å². The van der Waals surface area contributed by atoms with Crippen LogP contribution in [0.5, 0.6) is 0 Å². The predicted octanol–water partition coefficient (Wildman–Crippen LogP) is 2.26. The molecule has 1 fully saturated rings. The summed E-state index contributed by atoms with van der Waals surface area (Å²) in [6.45, 7) is 4.34. The number of nitrogens with zero attached hydrogens (tertiary/aromatic N) is 4. The quantitative estimate of drug-likeness (QED) is 0.461. The van der Waals surface area contributed by atoms with Gasteiger partial charge in [0.1, 0.15) is 11.9 Å². The minimum absolute atomic E-state index is 0.0522. The second kappa shape index (κ2) is 14.0. The summed E-state index contributed by atoms with van der Waals surface area (Å²) in [6.07, 6.45) is 3.43. The first-order chi connectivity index (χ1) is 21.6. The van der Waals surface area contributed by atoms with Gasteiger partial charge in [0.2, 0.25) is 17.7 Å². The van der Waals surface area contributed by atoms with Gasteiger partial charge in [0.25, 0.3) is 11.5 Å². The topological polar surface area (TPSA) is 134 Å². The van der Waals surface area contributed by atoms with Crippen LogP contribution in [0.25, 0.3) is 10.9 Å². The van der Waals surface area contributed by atoms with Gasteiger partial charge in [-0.2, -0.15) is 0 Å². The van der Waals surface area contributed by atoms with Crippen molar-refractivity contribution in [1.29, 1.82) is 0 Å². The van der Waals surface area contributed by atoms with E-state index in [-0.39, 0.29) is 60.8 Å². The number of benzene rings is 2. The number of amides is 4. The van der Waals surface area contributed by atoms with Gasteiger partial charge in [-0.15, -0.1) is 0 Å². The third-order valence-corrected chi connectivity index (χ3v) is 8.58. The van der Waals surface area contributed by atoms with Crippen LogP contribution in [0, 0.1) is 11.7 Å². The minimum Gasteiger partial charge on any atom is -0.355 e. The molecule has 2 atom stereocenters. The van der Waals surface area contributed by atoms with Crippen molar-refractivity contribution in [3.05, 3.63) is 76.1 Å². The number of hydrogen-bond donors (Lipinski definition) is 2. The van der Waals surface area contributed by atoms with Crippen molar-refractivity contribution in [2.75, 3.05) is 26.2 Å². The summed E-state index contributed by atoms with van der Waals surface area (Å²) in [5.74, 6) is -2.39. The Bertz CT molecular complexity index is 1660. The van der Waals surface area contributed by atoms with Gasteiger partial charge in [-0.3, -0.25) is 28.5 Å². The van der Waals surface area contributed by atoms with Crippen LogP contribution in [0.3, 0.4) is 0 Å². The number of hydrogen-bond acceptors (Lipinski definition) is 6. The van der Waals surface area contributed by atoms with Crippen LogP contribution < -0.4 is 16.2 Å². The molecule has 0 aliphatic carbocycles. The first kappa shape index (κ1) is 31.8. The summed E-state index contributed by atoms with van der Waals surface area (Å²) in [6, 6.07) is 10.1. The molecule has 5 rings (SSSR count). The second-order valence-electron chi connectivity index (χ2n) is 12.1. The number of nitrogens with one attached hydrogen (secondary N) is 2. The molecule has 0 saturated carbocycles. The van der Waals surface area contributed by atoms with Crippen LogP contribution in [-0.4, -0.2) is 81.2 Å². The normalized spacial score (nSPS) is 20.1. The van der Waals surface area contributed by atoms with Crippen LogP contribution in [0.1, 0.15) is 55.5 Å². The molecule has 12 heteroatoms. The Morgan fingerprint density at radius 1 is 1.09 bits per heavy atom. The number of carbonyl (C=O) groups excluding carboxylic acids is 4. The number of fused-ring (bicyclic) bond motifs is 4. The third-order valence-electron chi connectivity index (χ3n) is 8.58.